The van der Waals surface area contributed by atoms with Gasteiger partial charge in [0.05, 0.1) is 31.0 Å². The Bertz CT molecular complexity index is 1410. The number of nitrogens with zero attached hydrogens (tertiary/aromatic N) is 1. The van der Waals surface area contributed by atoms with Crippen molar-refractivity contribution >= 4 is 34.2 Å². The summed E-state index contributed by atoms with van der Waals surface area (Å²) in [6, 6.07) is 20.6. The number of hydrogen-bond donors (Lipinski definition) is 3. The van der Waals surface area contributed by atoms with Crippen LogP contribution in [0.4, 0.5) is 16.2 Å². The summed E-state index contributed by atoms with van der Waals surface area (Å²) in [5.41, 5.74) is 5.16. The number of carbonyl (C=O) groups is 2. The van der Waals surface area contributed by atoms with Crippen LogP contribution < -0.4 is 15.4 Å². The predicted octanol–water partition coefficient (Wildman–Crippen LogP) is 5.66. The predicted molar refractivity (Wildman–Crippen MR) is 145 cm³/mol. The first-order valence-electron chi connectivity index (χ1n) is 12.4. The number of ether oxygens (including phenoxy) is 2. The van der Waals surface area contributed by atoms with Crippen LogP contribution in [0.1, 0.15) is 23.0 Å². The van der Waals surface area contributed by atoms with E-state index in [1.54, 1.807) is 17.0 Å². The van der Waals surface area contributed by atoms with Gasteiger partial charge in [0.15, 0.2) is 0 Å². The molecule has 0 saturated carbocycles. The van der Waals surface area contributed by atoms with Crippen LogP contribution in [0.2, 0.25) is 0 Å². The maximum Gasteiger partial charge on any atom is 0.323 e. The fraction of sp³-hybridized carbons (Fsp3) is 0.241. The maximum atomic E-state index is 13.6. The van der Waals surface area contributed by atoms with Crippen LogP contribution in [-0.4, -0.2) is 54.7 Å². The zero-order valence-electron chi connectivity index (χ0n) is 21.0. The molecule has 1 aliphatic rings. The molecule has 8 heteroatoms. The fourth-order valence-electron chi connectivity index (χ4n) is 4.61. The molecule has 0 unspecified atom stereocenters. The Labute approximate surface area is 215 Å². The van der Waals surface area contributed by atoms with Crippen LogP contribution in [-0.2, 0) is 4.74 Å². The topological polar surface area (TPSA) is 95.7 Å². The Hall–Kier alpha value is -4.30. The van der Waals surface area contributed by atoms with Gasteiger partial charge in [0.1, 0.15) is 11.4 Å². The van der Waals surface area contributed by atoms with Crippen molar-refractivity contribution in [3.8, 4) is 16.9 Å². The van der Waals surface area contributed by atoms with Gasteiger partial charge < -0.3 is 30.0 Å². The zero-order valence-corrected chi connectivity index (χ0v) is 21.0. The van der Waals surface area contributed by atoms with Crippen molar-refractivity contribution in [2.24, 2.45) is 0 Å². The SMILES string of the molecule is CCOc1ccc(NC(=O)Nc2cc(C)cc3c(-c4ccccc4)c(C(=O)N4CCOCC4)[nH]c23)cc1. The van der Waals surface area contributed by atoms with Crippen LogP contribution in [0.3, 0.4) is 0 Å². The maximum absolute atomic E-state index is 13.6. The van der Waals surface area contributed by atoms with E-state index >= 15 is 0 Å². The highest BCUT2D eigenvalue weighted by molar-refractivity contribution is 6.14. The molecule has 190 valence electrons. The number of aryl methyl sites for hydroxylation is 1. The standard InChI is InChI=1S/C29H30N4O4/c1-3-37-22-11-9-21(10-12-22)30-29(35)31-24-18-19(2)17-23-25(20-7-5-4-6-8-20)27(32-26(23)24)28(34)33-13-15-36-16-14-33/h4-12,17-18,32H,3,13-16H2,1-2H3,(H2,30,31,35). The molecule has 1 aromatic heterocycles. The Balaban J connectivity index is 1.51. The molecule has 37 heavy (non-hydrogen) atoms. The van der Waals surface area contributed by atoms with Gasteiger partial charge in [-0.25, -0.2) is 4.79 Å². The van der Waals surface area contributed by atoms with E-state index in [0.717, 1.165) is 27.8 Å². The number of urea groups is 1. The zero-order chi connectivity index (χ0) is 25.8. The molecule has 0 spiro atoms. The molecule has 0 atom stereocenters. The highest BCUT2D eigenvalue weighted by Gasteiger charge is 2.26. The summed E-state index contributed by atoms with van der Waals surface area (Å²) in [6.45, 7) is 6.59. The molecule has 1 fully saturated rings. The number of hydrogen-bond acceptors (Lipinski definition) is 4. The lowest BCUT2D eigenvalue weighted by Crippen LogP contribution is -2.41. The van der Waals surface area contributed by atoms with Crippen molar-refractivity contribution < 1.29 is 19.1 Å². The first-order valence-corrected chi connectivity index (χ1v) is 12.4. The van der Waals surface area contributed by atoms with Gasteiger partial charge in [0, 0.05) is 29.7 Å². The minimum Gasteiger partial charge on any atom is -0.494 e. The van der Waals surface area contributed by atoms with Gasteiger partial charge in [-0.2, -0.15) is 0 Å². The van der Waals surface area contributed by atoms with E-state index in [2.05, 4.69) is 15.6 Å². The third-order valence-electron chi connectivity index (χ3n) is 6.30. The van der Waals surface area contributed by atoms with Crippen LogP contribution >= 0.6 is 0 Å². The Morgan fingerprint density at radius 2 is 1.73 bits per heavy atom. The molecule has 0 bridgehead atoms. The first kappa shape index (κ1) is 24.4. The van der Waals surface area contributed by atoms with Crippen LogP contribution in [0.25, 0.3) is 22.0 Å². The largest absolute Gasteiger partial charge is 0.494 e. The van der Waals surface area contributed by atoms with Gasteiger partial charge in [-0.1, -0.05) is 30.3 Å². The average molecular weight is 499 g/mol. The molecule has 0 aliphatic carbocycles. The van der Waals surface area contributed by atoms with Gasteiger partial charge >= 0.3 is 6.03 Å². The van der Waals surface area contributed by atoms with Gasteiger partial charge in [0.2, 0.25) is 0 Å². The minimum absolute atomic E-state index is 0.0826. The Morgan fingerprint density at radius 1 is 1.00 bits per heavy atom. The quantitative estimate of drug-likeness (QED) is 0.320. The molecule has 3 N–H and O–H groups in total. The third kappa shape index (κ3) is 5.29. The van der Waals surface area contributed by atoms with Crippen molar-refractivity contribution in [1.29, 1.82) is 0 Å². The molecular formula is C29H30N4O4. The second-order valence-electron chi connectivity index (χ2n) is 8.92. The molecule has 3 aromatic carbocycles. The lowest BCUT2D eigenvalue weighted by atomic mass is 9.99. The summed E-state index contributed by atoms with van der Waals surface area (Å²) in [5.74, 6) is 0.659. The number of fused-ring (bicyclic) bond motifs is 1. The number of morpholine rings is 1. The van der Waals surface area contributed by atoms with Crippen molar-refractivity contribution in [3.05, 3.63) is 78.0 Å². The Morgan fingerprint density at radius 3 is 2.43 bits per heavy atom. The van der Waals surface area contributed by atoms with E-state index in [0.29, 0.717) is 55.5 Å². The molecule has 3 amide bonds. The van der Waals surface area contributed by atoms with E-state index in [9.17, 15) is 9.59 Å². The van der Waals surface area contributed by atoms with E-state index in [1.807, 2.05) is 68.4 Å². The average Bonchev–Trinajstić information content (AvgIpc) is 3.30. The van der Waals surface area contributed by atoms with Crippen molar-refractivity contribution in [1.82, 2.24) is 9.88 Å². The lowest BCUT2D eigenvalue weighted by molar-refractivity contribution is 0.0300. The first-order chi connectivity index (χ1) is 18.0. The molecule has 1 saturated heterocycles. The number of anilines is 2. The van der Waals surface area contributed by atoms with Gasteiger partial charge in [-0.05, 0) is 61.4 Å². The second-order valence-corrected chi connectivity index (χ2v) is 8.92. The van der Waals surface area contributed by atoms with Gasteiger partial charge in [-0.15, -0.1) is 0 Å². The minimum atomic E-state index is -0.382. The number of benzene rings is 3. The highest BCUT2D eigenvalue weighted by Crippen LogP contribution is 2.37. The van der Waals surface area contributed by atoms with Crippen molar-refractivity contribution in [2.75, 3.05) is 43.5 Å². The molecule has 5 rings (SSSR count). The van der Waals surface area contributed by atoms with Gasteiger partial charge in [0.25, 0.3) is 5.91 Å². The number of rotatable bonds is 6. The summed E-state index contributed by atoms with van der Waals surface area (Å²) >= 11 is 0. The Kier molecular flexibility index (Phi) is 7.09. The normalized spacial score (nSPS) is 13.4. The summed E-state index contributed by atoms with van der Waals surface area (Å²) in [4.78, 5) is 31.7. The van der Waals surface area contributed by atoms with E-state index in [4.69, 9.17) is 9.47 Å². The summed E-state index contributed by atoms with van der Waals surface area (Å²) in [7, 11) is 0. The molecule has 1 aliphatic heterocycles. The number of H-pyrrole nitrogens is 1. The third-order valence-corrected chi connectivity index (χ3v) is 6.30. The van der Waals surface area contributed by atoms with Crippen LogP contribution in [0.5, 0.6) is 5.75 Å². The van der Waals surface area contributed by atoms with E-state index < -0.39 is 0 Å². The fourth-order valence-corrected chi connectivity index (χ4v) is 4.61. The van der Waals surface area contributed by atoms with Crippen molar-refractivity contribution in [3.63, 3.8) is 0 Å². The number of aromatic amines is 1. The second kappa shape index (κ2) is 10.8. The number of amides is 3. The van der Waals surface area contributed by atoms with Crippen LogP contribution in [0, 0.1) is 6.92 Å². The molecule has 4 aromatic rings. The highest BCUT2D eigenvalue weighted by atomic mass is 16.5. The molecule has 2 heterocycles. The van der Waals surface area contributed by atoms with Crippen LogP contribution in [0.15, 0.2) is 66.7 Å². The molecule has 8 nitrogen and oxygen atoms in total. The monoisotopic (exact) mass is 498 g/mol. The van der Waals surface area contributed by atoms with Crippen molar-refractivity contribution in [2.45, 2.75) is 13.8 Å². The van der Waals surface area contributed by atoms with Gasteiger partial charge in [-0.3, -0.25) is 4.79 Å². The number of nitrogens with one attached hydrogen (secondary N) is 3. The van der Waals surface area contributed by atoms with E-state index in [-0.39, 0.29) is 11.9 Å². The smallest absolute Gasteiger partial charge is 0.323 e. The summed E-state index contributed by atoms with van der Waals surface area (Å²) < 4.78 is 10.9. The number of aromatic nitrogens is 1. The summed E-state index contributed by atoms with van der Waals surface area (Å²) in [5, 5.41) is 6.70. The number of carbonyl (C=O) groups excluding carboxylic acids is 2. The summed E-state index contributed by atoms with van der Waals surface area (Å²) in [6.07, 6.45) is 0. The molecule has 0 radical (unpaired) electrons. The lowest BCUT2D eigenvalue weighted by Gasteiger charge is -2.26. The van der Waals surface area contributed by atoms with E-state index in [1.165, 1.54) is 0 Å². The molecular weight excluding hydrogens is 468 g/mol.